The summed E-state index contributed by atoms with van der Waals surface area (Å²) in [5, 5.41) is 19.6. The Morgan fingerprint density at radius 3 is 2.26 bits per heavy atom. The lowest BCUT2D eigenvalue weighted by Gasteiger charge is -2.14. The molecule has 14 nitrogen and oxygen atoms in total. The van der Waals surface area contributed by atoms with Crippen LogP contribution >= 0.6 is 0 Å². The molecule has 2 atom stereocenters. The molecular weight excluding hydrogens is 502 g/mol. The quantitative estimate of drug-likeness (QED) is 0.104. The van der Waals surface area contributed by atoms with Crippen molar-refractivity contribution in [1.82, 2.24) is 21.4 Å². The van der Waals surface area contributed by atoms with Crippen molar-refractivity contribution in [3.8, 4) is 5.75 Å². The zero-order valence-corrected chi connectivity index (χ0v) is 20.0. The fraction of sp³-hybridized carbons (Fsp3) is 0.250. The molecule has 1 heterocycles. The Morgan fingerprint density at radius 1 is 0.895 bits per heavy atom. The van der Waals surface area contributed by atoms with E-state index in [1.807, 2.05) is 24.3 Å². The van der Waals surface area contributed by atoms with E-state index >= 15 is 0 Å². The Hall–Kier alpha value is -4.50. The van der Waals surface area contributed by atoms with Gasteiger partial charge in [-0.2, -0.15) is 0 Å². The number of phenols is 1. The lowest BCUT2D eigenvalue weighted by atomic mass is 10.1. The van der Waals surface area contributed by atoms with Gasteiger partial charge in [0.25, 0.3) is 0 Å². The molecule has 0 spiro atoms. The van der Waals surface area contributed by atoms with Crippen LogP contribution in [0.15, 0.2) is 54.7 Å². The number of hydroxylamine groups is 3. The highest BCUT2D eigenvalue weighted by Crippen LogP contribution is 2.19. The van der Waals surface area contributed by atoms with Crippen molar-refractivity contribution >= 4 is 34.8 Å². The van der Waals surface area contributed by atoms with Gasteiger partial charge in [-0.15, -0.1) is 16.4 Å². The standard InChI is InChI=1S/C24H27N5O9/c25-18(9-14-5-7-16(30)8-6-14)24(35)38-28-12-21(31)36-27-13-22(32)37-29-20(23(33)34)10-15-11-26-19-4-2-1-3-17(15)19/h1-8,11,18,20,26-30H,9-10,12-13,25H2,(H,33,34)/t18-,20-/m0/s1. The molecule has 38 heavy (non-hydrogen) atoms. The summed E-state index contributed by atoms with van der Waals surface area (Å²) >= 11 is 0. The minimum atomic E-state index is -1.23. The van der Waals surface area contributed by atoms with Gasteiger partial charge in [0.05, 0.1) is 0 Å². The number of carbonyl (C=O) groups excluding carboxylic acids is 3. The number of benzene rings is 2. The summed E-state index contributed by atoms with van der Waals surface area (Å²) in [6, 6.07) is 11.2. The lowest BCUT2D eigenvalue weighted by Crippen LogP contribution is -2.42. The molecule has 0 bridgehead atoms. The van der Waals surface area contributed by atoms with Crippen LogP contribution in [0, 0.1) is 0 Å². The first kappa shape index (κ1) is 28.1. The number of hydrogen-bond donors (Lipinski definition) is 7. The van der Waals surface area contributed by atoms with Gasteiger partial charge in [-0.05, 0) is 35.7 Å². The molecule has 14 heteroatoms. The number of carboxylic acids is 1. The molecular formula is C24H27N5O9. The molecule has 2 aromatic carbocycles. The molecule has 0 amide bonds. The molecule has 0 saturated carbocycles. The van der Waals surface area contributed by atoms with Crippen molar-refractivity contribution in [2.75, 3.05) is 13.1 Å². The Labute approximate surface area is 215 Å². The van der Waals surface area contributed by atoms with Gasteiger partial charge in [-0.1, -0.05) is 30.3 Å². The number of nitrogens with two attached hydrogens (primary N) is 1. The number of aromatic amines is 1. The van der Waals surface area contributed by atoms with Crippen LogP contribution in [0.5, 0.6) is 5.75 Å². The number of fused-ring (bicyclic) bond motifs is 1. The summed E-state index contributed by atoms with van der Waals surface area (Å²) in [5.41, 5.74) is 14.4. The number of phenolic OH excluding ortho intramolecular Hbond substituents is 1. The van der Waals surface area contributed by atoms with Gasteiger partial charge < -0.3 is 35.4 Å². The van der Waals surface area contributed by atoms with E-state index in [1.165, 1.54) is 12.1 Å². The molecule has 3 rings (SSSR count). The highest BCUT2D eigenvalue weighted by Gasteiger charge is 2.22. The van der Waals surface area contributed by atoms with Crippen molar-refractivity contribution in [3.63, 3.8) is 0 Å². The maximum Gasteiger partial charge on any atom is 0.342 e. The van der Waals surface area contributed by atoms with E-state index in [9.17, 15) is 29.4 Å². The van der Waals surface area contributed by atoms with Crippen LogP contribution in [-0.2, 0) is 46.5 Å². The van der Waals surface area contributed by atoms with Gasteiger partial charge in [0.2, 0.25) is 0 Å². The Morgan fingerprint density at radius 2 is 1.55 bits per heavy atom. The summed E-state index contributed by atoms with van der Waals surface area (Å²) in [5.74, 6) is -3.84. The summed E-state index contributed by atoms with van der Waals surface area (Å²) in [6.45, 7) is -1.14. The normalized spacial score (nSPS) is 12.4. The van der Waals surface area contributed by atoms with E-state index in [0.29, 0.717) is 5.56 Å². The van der Waals surface area contributed by atoms with Gasteiger partial charge in [0, 0.05) is 23.5 Å². The average Bonchev–Trinajstić information content (AvgIpc) is 3.30. The third-order valence-electron chi connectivity index (χ3n) is 5.20. The van der Waals surface area contributed by atoms with Crippen molar-refractivity contribution in [3.05, 3.63) is 65.9 Å². The largest absolute Gasteiger partial charge is 0.508 e. The fourth-order valence-electron chi connectivity index (χ4n) is 3.30. The van der Waals surface area contributed by atoms with Gasteiger partial charge in [-0.3, -0.25) is 4.79 Å². The topological polar surface area (TPSA) is 214 Å². The number of hydrogen-bond acceptors (Lipinski definition) is 12. The van der Waals surface area contributed by atoms with E-state index in [4.69, 9.17) is 15.4 Å². The molecule has 0 fully saturated rings. The Balaban J connectivity index is 1.30. The first-order valence-electron chi connectivity index (χ1n) is 11.4. The summed E-state index contributed by atoms with van der Waals surface area (Å²) in [7, 11) is 0. The molecule has 0 aliphatic heterocycles. The van der Waals surface area contributed by atoms with Crippen LogP contribution in [0.3, 0.4) is 0 Å². The van der Waals surface area contributed by atoms with Crippen LogP contribution in [-0.4, -0.2) is 64.2 Å². The van der Waals surface area contributed by atoms with E-state index in [0.717, 1.165) is 16.5 Å². The van der Waals surface area contributed by atoms with E-state index in [1.54, 1.807) is 18.3 Å². The van der Waals surface area contributed by atoms with E-state index in [-0.39, 0.29) is 18.6 Å². The Kier molecular flexibility index (Phi) is 10.1. The molecule has 1 aromatic heterocycles. The zero-order valence-electron chi connectivity index (χ0n) is 20.0. The lowest BCUT2D eigenvalue weighted by molar-refractivity contribution is -0.163. The number of para-hydroxylation sites is 1. The molecule has 8 N–H and O–H groups in total. The smallest absolute Gasteiger partial charge is 0.342 e. The molecule has 202 valence electrons. The summed E-state index contributed by atoms with van der Waals surface area (Å²) < 4.78 is 0. The number of aromatic hydroxyl groups is 1. The molecule has 0 saturated heterocycles. The summed E-state index contributed by atoms with van der Waals surface area (Å²) in [4.78, 5) is 64.1. The highest BCUT2D eigenvalue weighted by atomic mass is 16.7. The number of H-pyrrole nitrogens is 1. The minimum absolute atomic E-state index is 0.0397. The second kappa shape index (κ2) is 13.7. The van der Waals surface area contributed by atoms with E-state index in [2.05, 4.69) is 26.3 Å². The van der Waals surface area contributed by atoms with Crippen LogP contribution in [0.25, 0.3) is 10.9 Å². The SMILES string of the molecule is N[C@@H](Cc1ccc(O)cc1)C(=O)ONCC(=O)ONCC(=O)ON[C@@H](Cc1c[nH]c2ccccc12)C(=O)O. The van der Waals surface area contributed by atoms with Crippen molar-refractivity contribution < 1.29 is 43.9 Å². The van der Waals surface area contributed by atoms with Crippen molar-refractivity contribution in [2.45, 2.75) is 24.9 Å². The monoisotopic (exact) mass is 529 g/mol. The first-order valence-corrected chi connectivity index (χ1v) is 11.4. The first-order chi connectivity index (χ1) is 18.2. The number of carbonyl (C=O) groups is 4. The average molecular weight is 530 g/mol. The predicted octanol–water partition coefficient (Wildman–Crippen LogP) is -0.417. The molecule has 0 aliphatic rings. The highest BCUT2D eigenvalue weighted by molar-refractivity contribution is 5.84. The zero-order chi connectivity index (χ0) is 27.5. The second-order valence-corrected chi connectivity index (χ2v) is 8.06. The molecule has 0 radical (unpaired) electrons. The number of aliphatic carboxylic acids is 1. The van der Waals surface area contributed by atoms with Crippen molar-refractivity contribution in [1.29, 1.82) is 0 Å². The van der Waals surface area contributed by atoms with Gasteiger partial charge in [0.1, 0.15) is 30.9 Å². The van der Waals surface area contributed by atoms with Crippen LogP contribution in [0.4, 0.5) is 0 Å². The molecule has 0 aliphatic carbocycles. The van der Waals surface area contributed by atoms with Gasteiger partial charge in [0.15, 0.2) is 0 Å². The number of nitrogens with one attached hydrogen (secondary N) is 4. The summed E-state index contributed by atoms with van der Waals surface area (Å²) in [6.07, 6.45) is 1.87. The van der Waals surface area contributed by atoms with Crippen molar-refractivity contribution in [2.24, 2.45) is 5.73 Å². The van der Waals surface area contributed by atoms with Crippen LogP contribution < -0.4 is 22.2 Å². The van der Waals surface area contributed by atoms with Gasteiger partial charge in [-0.25, -0.2) is 14.4 Å². The number of aromatic nitrogens is 1. The Bertz CT molecular complexity index is 1260. The van der Waals surface area contributed by atoms with Gasteiger partial charge >= 0.3 is 23.9 Å². The van der Waals surface area contributed by atoms with Crippen LogP contribution in [0.2, 0.25) is 0 Å². The molecule has 3 aromatic rings. The number of carboxylic acid groups (broad SMARTS) is 1. The fourth-order valence-corrected chi connectivity index (χ4v) is 3.30. The second-order valence-electron chi connectivity index (χ2n) is 8.06. The minimum Gasteiger partial charge on any atom is -0.508 e. The van der Waals surface area contributed by atoms with E-state index < -0.39 is 49.1 Å². The number of rotatable bonds is 14. The third kappa shape index (κ3) is 8.56. The predicted molar refractivity (Wildman–Crippen MR) is 131 cm³/mol. The molecule has 0 unspecified atom stereocenters. The maximum absolute atomic E-state index is 11.9. The third-order valence-corrected chi connectivity index (χ3v) is 5.20. The van der Waals surface area contributed by atoms with Crippen LogP contribution in [0.1, 0.15) is 11.1 Å². The maximum atomic E-state index is 11.9.